The Morgan fingerprint density at radius 2 is 2.05 bits per heavy atom. The molecule has 8 heteroatoms. The van der Waals surface area contributed by atoms with E-state index in [4.69, 9.17) is 5.73 Å². The Labute approximate surface area is 111 Å². The third-order valence-corrected chi connectivity index (χ3v) is 3.74. The van der Waals surface area contributed by atoms with Crippen molar-refractivity contribution in [2.24, 2.45) is 0 Å². The molecule has 0 saturated carbocycles. The van der Waals surface area contributed by atoms with E-state index in [2.05, 4.69) is 19.7 Å². The van der Waals surface area contributed by atoms with Crippen LogP contribution in [0.2, 0.25) is 0 Å². The van der Waals surface area contributed by atoms with E-state index in [1.165, 1.54) is 24.5 Å². The molecule has 7 nitrogen and oxygen atoms in total. The van der Waals surface area contributed by atoms with E-state index in [1.807, 2.05) is 0 Å². The van der Waals surface area contributed by atoms with Crippen LogP contribution in [0, 0.1) is 6.92 Å². The van der Waals surface area contributed by atoms with Crippen molar-refractivity contribution >= 4 is 15.8 Å². The van der Waals surface area contributed by atoms with Crippen molar-refractivity contribution in [3.8, 4) is 0 Å². The third-order valence-electron chi connectivity index (χ3n) is 2.34. The van der Waals surface area contributed by atoms with Crippen molar-refractivity contribution in [3.05, 3.63) is 42.1 Å². The molecule has 2 aromatic rings. The number of nitrogen functional groups attached to an aromatic ring is 1. The lowest BCUT2D eigenvalue weighted by Gasteiger charge is -2.06. The zero-order valence-corrected chi connectivity index (χ0v) is 11.1. The third kappa shape index (κ3) is 3.46. The molecule has 0 radical (unpaired) electrons. The fourth-order valence-corrected chi connectivity index (χ4v) is 2.38. The van der Waals surface area contributed by atoms with Crippen LogP contribution >= 0.6 is 0 Å². The molecule has 0 atom stereocenters. The number of aromatic nitrogens is 3. The molecule has 0 fully saturated rings. The molecule has 0 bridgehead atoms. The first kappa shape index (κ1) is 13.4. The predicted molar refractivity (Wildman–Crippen MR) is 69.4 cm³/mol. The molecule has 0 saturated heterocycles. The van der Waals surface area contributed by atoms with E-state index < -0.39 is 10.0 Å². The minimum absolute atomic E-state index is 0.0673. The monoisotopic (exact) mass is 279 g/mol. The maximum atomic E-state index is 12.0. The molecule has 19 heavy (non-hydrogen) atoms. The highest BCUT2D eigenvalue weighted by Crippen LogP contribution is 2.10. The fourth-order valence-electron chi connectivity index (χ4n) is 1.36. The molecule has 0 aliphatic rings. The number of pyridine rings is 1. The summed E-state index contributed by atoms with van der Waals surface area (Å²) >= 11 is 0. The Morgan fingerprint density at radius 3 is 2.68 bits per heavy atom. The van der Waals surface area contributed by atoms with Gasteiger partial charge in [0.15, 0.2) is 0 Å². The number of anilines is 1. The average Bonchev–Trinajstić information content (AvgIpc) is 2.38. The largest absolute Gasteiger partial charge is 0.384 e. The number of nitrogens with one attached hydrogen (secondary N) is 1. The van der Waals surface area contributed by atoms with E-state index in [9.17, 15) is 8.42 Å². The van der Waals surface area contributed by atoms with Gasteiger partial charge in [0.25, 0.3) is 0 Å². The van der Waals surface area contributed by atoms with Gasteiger partial charge in [0.2, 0.25) is 10.0 Å². The Bertz CT molecular complexity index is 670. The molecule has 3 N–H and O–H groups in total. The predicted octanol–water partition coefficient (Wildman–Crippen LogP) is 0.241. The van der Waals surface area contributed by atoms with Gasteiger partial charge < -0.3 is 5.73 Å². The SMILES string of the molecule is Cc1cnc(CNS(=O)(=O)c2ccnc(N)c2)cn1. The molecule has 0 aliphatic carbocycles. The Kier molecular flexibility index (Phi) is 3.72. The molecule has 2 heterocycles. The molecule has 100 valence electrons. The molecule has 2 rings (SSSR count). The second kappa shape index (κ2) is 5.29. The summed E-state index contributed by atoms with van der Waals surface area (Å²) in [6, 6.07) is 2.67. The quantitative estimate of drug-likeness (QED) is 0.829. The first-order valence-electron chi connectivity index (χ1n) is 5.46. The number of sulfonamides is 1. The van der Waals surface area contributed by atoms with Gasteiger partial charge in [-0.2, -0.15) is 0 Å². The summed E-state index contributed by atoms with van der Waals surface area (Å²) in [6.45, 7) is 1.87. The van der Waals surface area contributed by atoms with Crippen LogP contribution in [0.1, 0.15) is 11.4 Å². The summed E-state index contributed by atoms with van der Waals surface area (Å²) in [6.07, 6.45) is 4.45. The van der Waals surface area contributed by atoms with Crippen LogP contribution in [0.3, 0.4) is 0 Å². The lowest BCUT2D eigenvalue weighted by Crippen LogP contribution is -2.24. The number of nitrogens with zero attached hydrogens (tertiary/aromatic N) is 3. The second-order valence-electron chi connectivity index (χ2n) is 3.89. The van der Waals surface area contributed by atoms with Crippen molar-refractivity contribution in [3.63, 3.8) is 0 Å². The maximum Gasteiger partial charge on any atom is 0.241 e. The van der Waals surface area contributed by atoms with Gasteiger partial charge in [-0.1, -0.05) is 0 Å². The van der Waals surface area contributed by atoms with Crippen LogP contribution in [0.25, 0.3) is 0 Å². The second-order valence-corrected chi connectivity index (χ2v) is 5.66. The number of hydrogen-bond acceptors (Lipinski definition) is 6. The summed E-state index contributed by atoms with van der Waals surface area (Å²) in [4.78, 5) is 11.9. The van der Waals surface area contributed by atoms with Crippen molar-refractivity contribution in [2.75, 3.05) is 5.73 Å². The van der Waals surface area contributed by atoms with Gasteiger partial charge >= 0.3 is 0 Å². The first-order chi connectivity index (χ1) is 8.97. The van der Waals surface area contributed by atoms with E-state index in [0.717, 1.165) is 5.69 Å². The standard InChI is InChI=1S/C11H13N5O2S/c1-8-5-15-9(6-14-8)7-16-19(17,18)10-2-3-13-11(12)4-10/h2-6,16H,7H2,1H3,(H2,12,13). The Hall–Kier alpha value is -2.06. The number of hydrogen-bond donors (Lipinski definition) is 2. The lowest BCUT2D eigenvalue weighted by molar-refractivity contribution is 0.580. The van der Waals surface area contributed by atoms with E-state index >= 15 is 0 Å². The minimum atomic E-state index is -3.63. The van der Waals surface area contributed by atoms with Gasteiger partial charge in [0, 0.05) is 18.5 Å². The van der Waals surface area contributed by atoms with Gasteiger partial charge in [0.1, 0.15) is 5.82 Å². The summed E-state index contributed by atoms with van der Waals surface area (Å²) < 4.78 is 26.4. The van der Waals surface area contributed by atoms with E-state index in [1.54, 1.807) is 13.1 Å². The van der Waals surface area contributed by atoms with Gasteiger partial charge in [0.05, 0.1) is 29.0 Å². The van der Waals surface area contributed by atoms with Crippen LogP contribution < -0.4 is 10.5 Å². The summed E-state index contributed by atoms with van der Waals surface area (Å²) in [7, 11) is -3.63. The highest BCUT2D eigenvalue weighted by atomic mass is 32.2. The molecule has 0 unspecified atom stereocenters. The molecular formula is C11H13N5O2S. The minimum Gasteiger partial charge on any atom is -0.384 e. The van der Waals surface area contributed by atoms with Crippen molar-refractivity contribution < 1.29 is 8.42 Å². The zero-order valence-electron chi connectivity index (χ0n) is 10.2. The van der Waals surface area contributed by atoms with E-state index in [-0.39, 0.29) is 17.3 Å². The number of nitrogens with two attached hydrogens (primary N) is 1. The Balaban J connectivity index is 2.12. The first-order valence-corrected chi connectivity index (χ1v) is 6.94. The Morgan fingerprint density at radius 1 is 1.26 bits per heavy atom. The molecule has 0 spiro atoms. The summed E-state index contributed by atoms with van der Waals surface area (Å²) in [5, 5.41) is 0. The van der Waals surface area contributed by atoms with Crippen LogP contribution in [0.4, 0.5) is 5.82 Å². The van der Waals surface area contributed by atoms with Crippen LogP contribution in [-0.4, -0.2) is 23.4 Å². The smallest absolute Gasteiger partial charge is 0.241 e. The van der Waals surface area contributed by atoms with Crippen molar-refractivity contribution in [1.29, 1.82) is 0 Å². The zero-order chi connectivity index (χ0) is 13.9. The molecule has 0 amide bonds. The number of aryl methyl sites for hydroxylation is 1. The molecular weight excluding hydrogens is 266 g/mol. The summed E-state index contributed by atoms with van der Waals surface area (Å²) in [5.41, 5.74) is 6.76. The summed E-state index contributed by atoms with van der Waals surface area (Å²) in [5.74, 6) is 0.151. The van der Waals surface area contributed by atoms with Gasteiger partial charge in [-0.15, -0.1) is 0 Å². The molecule has 2 aromatic heterocycles. The van der Waals surface area contributed by atoms with Crippen LogP contribution in [-0.2, 0) is 16.6 Å². The highest BCUT2D eigenvalue weighted by Gasteiger charge is 2.14. The topological polar surface area (TPSA) is 111 Å². The van der Waals surface area contributed by atoms with E-state index in [0.29, 0.717) is 5.69 Å². The van der Waals surface area contributed by atoms with Gasteiger partial charge in [-0.05, 0) is 13.0 Å². The van der Waals surface area contributed by atoms with Crippen molar-refractivity contribution in [1.82, 2.24) is 19.7 Å². The normalized spacial score (nSPS) is 11.4. The molecule has 0 aliphatic heterocycles. The highest BCUT2D eigenvalue weighted by molar-refractivity contribution is 7.89. The molecule has 0 aromatic carbocycles. The number of rotatable bonds is 4. The lowest BCUT2D eigenvalue weighted by atomic mass is 10.4. The van der Waals surface area contributed by atoms with Gasteiger partial charge in [-0.3, -0.25) is 9.97 Å². The maximum absolute atomic E-state index is 12.0. The van der Waals surface area contributed by atoms with Crippen LogP contribution in [0.5, 0.6) is 0 Å². The van der Waals surface area contributed by atoms with Crippen molar-refractivity contribution in [2.45, 2.75) is 18.4 Å². The van der Waals surface area contributed by atoms with Crippen LogP contribution in [0.15, 0.2) is 35.6 Å². The fraction of sp³-hybridized carbons (Fsp3) is 0.182. The average molecular weight is 279 g/mol. The van der Waals surface area contributed by atoms with Gasteiger partial charge in [-0.25, -0.2) is 18.1 Å².